The van der Waals surface area contributed by atoms with Crippen molar-refractivity contribution in [2.24, 2.45) is 5.73 Å². The maximum atomic E-state index is 11.2. The third-order valence-electron chi connectivity index (χ3n) is 2.15. The van der Waals surface area contributed by atoms with Crippen molar-refractivity contribution in [1.82, 2.24) is 10.2 Å². The summed E-state index contributed by atoms with van der Waals surface area (Å²) in [6.07, 6.45) is -1.12. The van der Waals surface area contributed by atoms with Gasteiger partial charge in [-0.3, -0.25) is 9.69 Å². The van der Waals surface area contributed by atoms with E-state index in [-0.39, 0.29) is 12.4 Å². The molecule has 1 aliphatic heterocycles. The molecule has 16 heavy (non-hydrogen) atoms. The van der Waals surface area contributed by atoms with Gasteiger partial charge in [-0.15, -0.1) is 11.3 Å². The third-order valence-corrected chi connectivity index (χ3v) is 3.03. The van der Waals surface area contributed by atoms with Crippen LogP contribution in [0.1, 0.15) is 4.88 Å². The maximum Gasteiger partial charge on any atom is 0.413 e. The Morgan fingerprint density at radius 1 is 1.56 bits per heavy atom. The minimum Gasteiger partial charge on any atom is -0.465 e. The number of hydrogen-bond acceptors (Lipinski definition) is 4. The average molecular weight is 239 g/mol. The minimum absolute atomic E-state index is 0.0425. The molecule has 2 amide bonds. The number of hydrogen-bond donors (Lipinski definition) is 3. The summed E-state index contributed by atoms with van der Waals surface area (Å²) >= 11 is 1.35. The normalized spacial score (nSPS) is 15.1. The minimum atomic E-state index is -1.12. The molecule has 0 bridgehead atoms. The summed E-state index contributed by atoms with van der Waals surface area (Å²) in [5.41, 5.74) is 5.65. The summed E-state index contributed by atoms with van der Waals surface area (Å²) in [7, 11) is 0. The first-order valence-electron chi connectivity index (χ1n) is 4.43. The van der Waals surface area contributed by atoms with Gasteiger partial charge in [0.05, 0.1) is 17.2 Å². The number of amides is 2. The lowest BCUT2D eigenvalue weighted by molar-refractivity contribution is -0.114. The zero-order valence-corrected chi connectivity index (χ0v) is 8.95. The van der Waals surface area contributed by atoms with E-state index in [9.17, 15) is 9.59 Å². The molecule has 0 saturated heterocycles. The molecule has 1 aliphatic rings. The molecule has 0 saturated carbocycles. The molecule has 0 aliphatic carbocycles. The van der Waals surface area contributed by atoms with E-state index >= 15 is 0 Å². The Bertz CT molecular complexity index is 466. The van der Waals surface area contributed by atoms with Crippen molar-refractivity contribution in [3.63, 3.8) is 0 Å². The van der Waals surface area contributed by atoms with Gasteiger partial charge in [-0.25, -0.2) is 4.79 Å². The molecule has 0 unspecified atom stereocenters. The van der Waals surface area contributed by atoms with Crippen molar-refractivity contribution < 1.29 is 14.7 Å². The summed E-state index contributed by atoms with van der Waals surface area (Å²) in [6, 6.07) is 3.52. The molecule has 6 nitrogen and oxygen atoms in total. The van der Waals surface area contributed by atoms with E-state index in [4.69, 9.17) is 10.8 Å². The van der Waals surface area contributed by atoms with Gasteiger partial charge in [0.1, 0.15) is 5.70 Å². The van der Waals surface area contributed by atoms with Crippen LogP contribution in [0.4, 0.5) is 4.79 Å². The second-order valence-electron chi connectivity index (χ2n) is 3.11. The number of rotatable bonds is 2. The molecule has 0 radical (unpaired) electrons. The molecule has 7 heteroatoms. The first-order valence-corrected chi connectivity index (χ1v) is 5.31. The average Bonchev–Trinajstić information content (AvgIpc) is 2.85. The largest absolute Gasteiger partial charge is 0.465 e. The lowest BCUT2D eigenvalue weighted by Gasteiger charge is -2.13. The molecule has 0 atom stereocenters. The van der Waals surface area contributed by atoms with Crippen molar-refractivity contribution in [2.75, 3.05) is 6.67 Å². The number of carbonyl (C=O) groups is 2. The van der Waals surface area contributed by atoms with Crippen molar-refractivity contribution in [2.45, 2.75) is 0 Å². The standard InChI is InChI=1S/C9H9N3O3S/c10-8(13)6-7(5-2-1-3-16-5)12(4-11-6)9(14)15/h1-3,11H,4H2,(H2,10,13)(H,14,15). The Labute approximate surface area is 95.0 Å². The highest BCUT2D eigenvalue weighted by molar-refractivity contribution is 7.11. The Morgan fingerprint density at radius 3 is 2.81 bits per heavy atom. The molecule has 2 rings (SSSR count). The van der Waals surface area contributed by atoms with E-state index in [2.05, 4.69) is 5.32 Å². The Kier molecular flexibility index (Phi) is 2.53. The molecule has 2 heterocycles. The van der Waals surface area contributed by atoms with Gasteiger partial charge in [-0.2, -0.15) is 0 Å². The van der Waals surface area contributed by atoms with Crippen LogP contribution in [-0.2, 0) is 4.79 Å². The van der Waals surface area contributed by atoms with Gasteiger partial charge in [0.2, 0.25) is 0 Å². The highest BCUT2D eigenvalue weighted by Gasteiger charge is 2.31. The van der Waals surface area contributed by atoms with Crippen LogP contribution >= 0.6 is 11.3 Å². The molecule has 84 valence electrons. The number of carbonyl (C=O) groups excluding carboxylic acids is 1. The van der Waals surface area contributed by atoms with Gasteiger partial charge < -0.3 is 16.2 Å². The SMILES string of the molecule is NC(=O)C1=C(c2cccs2)N(C(=O)O)CN1. The fourth-order valence-corrected chi connectivity index (χ4v) is 2.28. The molecule has 0 fully saturated rings. The smallest absolute Gasteiger partial charge is 0.413 e. The molecule has 0 spiro atoms. The summed E-state index contributed by atoms with van der Waals surface area (Å²) in [5.74, 6) is -0.660. The fraction of sp³-hybridized carbons (Fsp3) is 0.111. The van der Waals surface area contributed by atoms with Gasteiger partial charge in [0.25, 0.3) is 5.91 Å². The van der Waals surface area contributed by atoms with Crippen molar-refractivity contribution >= 4 is 29.0 Å². The monoisotopic (exact) mass is 239 g/mol. The van der Waals surface area contributed by atoms with Crippen LogP contribution in [0, 0.1) is 0 Å². The van der Waals surface area contributed by atoms with Crippen LogP contribution in [-0.4, -0.2) is 28.7 Å². The van der Waals surface area contributed by atoms with Crippen LogP contribution < -0.4 is 11.1 Å². The fourth-order valence-electron chi connectivity index (χ4n) is 1.49. The van der Waals surface area contributed by atoms with Crippen molar-refractivity contribution in [1.29, 1.82) is 0 Å². The first-order chi connectivity index (χ1) is 7.61. The van der Waals surface area contributed by atoms with Crippen molar-refractivity contribution in [3.05, 3.63) is 28.1 Å². The lowest BCUT2D eigenvalue weighted by atomic mass is 10.2. The van der Waals surface area contributed by atoms with Gasteiger partial charge >= 0.3 is 6.09 Å². The second-order valence-corrected chi connectivity index (χ2v) is 4.06. The predicted molar refractivity (Wildman–Crippen MR) is 58.3 cm³/mol. The topological polar surface area (TPSA) is 95.7 Å². The number of nitrogens with zero attached hydrogens (tertiary/aromatic N) is 1. The zero-order valence-electron chi connectivity index (χ0n) is 8.14. The number of primary amides is 1. The summed E-state index contributed by atoms with van der Waals surface area (Å²) in [4.78, 5) is 23.9. The quantitative estimate of drug-likeness (QED) is 0.698. The molecular formula is C9H9N3O3S. The van der Waals surface area contributed by atoms with Crippen LogP contribution in [0.15, 0.2) is 23.2 Å². The van der Waals surface area contributed by atoms with Crippen LogP contribution in [0.2, 0.25) is 0 Å². The Hall–Kier alpha value is -2.02. The van der Waals surface area contributed by atoms with Crippen LogP contribution in [0.3, 0.4) is 0 Å². The number of nitrogens with one attached hydrogen (secondary N) is 1. The first kappa shape index (κ1) is 10.5. The maximum absolute atomic E-state index is 11.2. The summed E-state index contributed by atoms with van der Waals surface area (Å²) in [5, 5.41) is 13.5. The van der Waals surface area contributed by atoms with E-state index in [0.29, 0.717) is 10.6 Å². The van der Waals surface area contributed by atoms with Crippen LogP contribution in [0.25, 0.3) is 5.70 Å². The van der Waals surface area contributed by atoms with Crippen molar-refractivity contribution in [3.8, 4) is 0 Å². The molecule has 1 aromatic heterocycles. The Morgan fingerprint density at radius 2 is 2.31 bits per heavy atom. The van der Waals surface area contributed by atoms with E-state index in [0.717, 1.165) is 4.90 Å². The van der Waals surface area contributed by atoms with E-state index in [1.165, 1.54) is 11.3 Å². The van der Waals surface area contributed by atoms with Gasteiger partial charge in [-0.1, -0.05) is 6.07 Å². The summed E-state index contributed by atoms with van der Waals surface area (Å²) in [6.45, 7) is 0.0425. The molecule has 4 N–H and O–H groups in total. The zero-order chi connectivity index (χ0) is 11.7. The molecular weight excluding hydrogens is 230 g/mol. The number of carboxylic acid groups (broad SMARTS) is 1. The number of thiophene rings is 1. The molecule has 1 aromatic rings. The summed E-state index contributed by atoms with van der Waals surface area (Å²) < 4.78 is 0. The van der Waals surface area contributed by atoms with E-state index < -0.39 is 12.0 Å². The van der Waals surface area contributed by atoms with Gasteiger partial charge in [0, 0.05) is 0 Å². The second kappa shape index (κ2) is 3.86. The number of nitrogens with two attached hydrogens (primary N) is 1. The highest BCUT2D eigenvalue weighted by atomic mass is 32.1. The lowest BCUT2D eigenvalue weighted by Crippen LogP contribution is -2.29. The van der Waals surface area contributed by atoms with E-state index in [1.807, 2.05) is 0 Å². The van der Waals surface area contributed by atoms with Gasteiger partial charge in [0.15, 0.2) is 0 Å². The van der Waals surface area contributed by atoms with Crippen LogP contribution in [0.5, 0.6) is 0 Å². The highest BCUT2D eigenvalue weighted by Crippen LogP contribution is 2.29. The predicted octanol–water partition coefficient (Wildman–Crippen LogP) is 0.443. The third kappa shape index (κ3) is 1.61. The van der Waals surface area contributed by atoms with E-state index in [1.54, 1.807) is 17.5 Å². The van der Waals surface area contributed by atoms with Gasteiger partial charge in [-0.05, 0) is 11.4 Å². The Balaban J connectivity index is 2.51. The molecule has 0 aromatic carbocycles.